The first-order valence-corrected chi connectivity index (χ1v) is 7.02. The molecule has 1 fully saturated rings. The van der Waals surface area contributed by atoms with Crippen molar-refractivity contribution < 1.29 is 14.6 Å². The third-order valence-electron chi connectivity index (χ3n) is 3.65. The van der Waals surface area contributed by atoms with Crippen molar-refractivity contribution in [2.45, 2.75) is 32.9 Å². The standard InChI is InChI=1S/C15H22N2O3/c1-4-20-14-7-5-13(6-8-14)16-9-11(2)17(15(18)19)12(3)10-16/h5-8,11-12H,4,9-10H2,1-3H3,(H,18,19)/t11-,12+. The number of carboxylic acid groups (broad SMARTS) is 1. The summed E-state index contributed by atoms with van der Waals surface area (Å²) >= 11 is 0. The monoisotopic (exact) mass is 278 g/mol. The Labute approximate surface area is 119 Å². The topological polar surface area (TPSA) is 53.0 Å². The molecule has 5 heteroatoms. The highest BCUT2D eigenvalue weighted by atomic mass is 16.5. The molecule has 0 spiro atoms. The average molecular weight is 278 g/mol. The van der Waals surface area contributed by atoms with Crippen LogP contribution in [0.4, 0.5) is 10.5 Å². The maximum Gasteiger partial charge on any atom is 0.407 e. The first-order valence-electron chi connectivity index (χ1n) is 7.02. The molecule has 0 aliphatic carbocycles. The van der Waals surface area contributed by atoms with Crippen LogP contribution in [-0.4, -0.2) is 47.9 Å². The number of rotatable bonds is 3. The molecule has 1 aliphatic rings. The summed E-state index contributed by atoms with van der Waals surface area (Å²) in [6.45, 7) is 7.94. The fourth-order valence-electron chi connectivity index (χ4n) is 2.83. The van der Waals surface area contributed by atoms with Crippen molar-refractivity contribution in [1.29, 1.82) is 0 Å². The van der Waals surface area contributed by atoms with Crippen LogP contribution >= 0.6 is 0 Å². The maximum absolute atomic E-state index is 11.2. The molecule has 0 radical (unpaired) electrons. The van der Waals surface area contributed by atoms with Crippen molar-refractivity contribution in [3.8, 4) is 5.75 Å². The number of carbonyl (C=O) groups is 1. The lowest BCUT2D eigenvalue weighted by Gasteiger charge is -2.43. The lowest BCUT2D eigenvalue weighted by Crippen LogP contribution is -2.58. The molecule has 1 aromatic carbocycles. The highest BCUT2D eigenvalue weighted by molar-refractivity contribution is 5.66. The molecule has 0 bridgehead atoms. The summed E-state index contributed by atoms with van der Waals surface area (Å²) in [6.07, 6.45) is -0.837. The van der Waals surface area contributed by atoms with Gasteiger partial charge in [-0.25, -0.2) is 4.79 Å². The number of anilines is 1. The Hall–Kier alpha value is -1.91. The number of ether oxygens (including phenoxy) is 1. The first kappa shape index (κ1) is 14.5. The SMILES string of the molecule is CCOc1ccc(N2C[C@@H](C)N(C(=O)O)[C@@H](C)C2)cc1. The lowest BCUT2D eigenvalue weighted by molar-refractivity contribution is 0.0983. The zero-order valence-electron chi connectivity index (χ0n) is 12.2. The second-order valence-electron chi connectivity index (χ2n) is 5.22. The quantitative estimate of drug-likeness (QED) is 0.923. The van der Waals surface area contributed by atoms with Gasteiger partial charge in [-0.1, -0.05) is 0 Å². The minimum atomic E-state index is -0.837. The van der Waals surface area contributed by atoms with Gasteiger partial charge >= 0.3 is 6.09 Å². The van der Waals surface area contributed by atoms with Crippen LogP contribution in [0, 0.1) is 0 Å². The van der Waals surface area contributed by atoms with Gasteiger partial charge in [0.15, 0.2) is 0 Å². The van der Waals surface area contributed by atoms with E-state index in [0.29, 0.717) is 19.7 Å². The molecule has 1 heterocycles. The second kappa shape index (κ2) is 6.03. The molecule has 2 atom stereocenters. The van der Waals surface area contributed by atoms with Crippen molar-refractivity contribution in [1.82, 2.24) is 4.90 Å². The van der Waals surface area contributed by atoms with Crippen LogP contribution in [-0.2, 0) is 0 Å². The minimum Gasteiger partial charge on any atom is -0.494 e. The van der Waals surface area contributed by atoms with Crippen LogP contribution in [0.5, 0.6) is 5.75 Å². The van der Waals surface area contributed by atoms with E-state index in [9.17, 15) is 9.90 Å². The molecule has 0 saturated carbocycles. The van der Waals surface area contributed by atoms with Crippen LogP contribution in [0.15, 0.2) is 24.3 Å². The zero-order valence-corrected chi connectivity index (χ0v) is 12.2. The lowest BCUT2D eigenvalue weighted by atomic mass is 10.1. The molecule has 1 amide bonds. The summed E-state index contributed by atoms with van der Waals surface area (Å²) in [5.41, 5.74) is 1.11. The minimum absolute atomic E-state index is 0.0113. The van der Waals surface area contributed by atoms with Gasteiger partial charge in [-0.3, -0.25) is 4.90 Å². The molecular formula is C15H22N2O3. The van der Waals surface area contributed by atoms with E-state index in [1.807, 2.05) is 45.0 Å². The largest absolute Gasteiger partial charge is 0.494 e. The highest BCUT2D eigenvalue weighted by Crippen LogP contribution is 2.24. The molecule has 0 unspecified atom stereocenters. The van der Waals surface area contributed by atoms with Gasteiger partial charge in [-0.2, -0.15) is 0 Å². The van der Waals surface area contributed by atoms with Crippen LogP contribution in [0.2, 0.25) is 0 Å². The smallest absolute Gasteiger partial charge is 0.407 e. The summed E-state index contributed by atoms with van der Waals surface area (Å²) in [7, 11) is 0. The Morgan fingerprint density at radius 3 is 2.25 bits per heavy atom. The zero-order chi connectivity index (χ0) is 14.7. The molecule has 110 valence electrons. The van der Waals surface area contributed by atoms with Crippen LogP contribution in [0.3, 0.4) is 0 Å². The highest BCUT2D eigenvalue weighted by Gasteiger charge is 2.32. The van der Waals surface area contributed by atoms with E-state index in [-0.39, 0.29) is 12.1 Å². The van der Waals surface area contributed by atoms with Gasteiger partial charge < -0.3 is 14.7 Å². The predicted octanol–water partition coefficient (Wildman–Crippen LogP) is 2.66. The van der Waals surface area contributed by atoms with E-state index in [2.05, 4.69) is 4.90 Å². The third kappa shape index (κ3) is 2.98. The molecule has 1 aromatic rings. The number of hydrogen-bond donors (Lipinski definition) is 1. The van der Waals surface area contributed by atoms with E-state index in [1.165, 1.54) is 4.90 Å². The summed E-state index contributed by atoms with van der Waals surface area (Å²) in [6, 6.07) is 7.95. The summed E-state index contributed by atoms with van der Waals surface area (Å²) in [4.78, 5) is 15.0. The molecular weight excluding hydrogens is 256 g/mol. The van der Waals surface area contributed by atoms with Crippen LogP contribution < -0.4 is 9.64 Å². The van der Waals surface area contributed by atoms with Gasteiger partial charge in [0.1, 0.15) is 5.75 Å². The molecule has 1 saturated heterocycles. The summed E-state index contributed by atoms with van der Waals surface area (Å²) < 4.78 is 5.43. The Kier molecular flexibility index (Phi) is 4.37. The molecule has 1 aliphatic heterocycles. The van der Waals surface area contributed by atoms with Crippen molar-refractivity contribution in [3.63, 3.8) is 0 Å². The van der Waals surface area contributed by atoms with E-state index >= 15 is 0 Å². The normalized spacial score (nSPS) is 22.8. The van der Waals surface area contributed by atoms with Gasteiger partial charge in [0, 0.05) is 18.8 Å². The van der Waals surface area contributed by atoms with Crippen molar-refractivity contribution in [2.75, 3.05) is 24.6 Å². The third-order valence-corrected chi connectivity index (χ3v) is 3.65. The molecule has 5 nitrogen and oxygen atoms in total. The summed E-state index contributed by atoms with van der Waals surface area (Å²) in [5.74, 6) is 0.863. The maximum atomic E-state index is 11.2. The van der Waals surface area contributed by atoms with Crippen molar-refractivity contribution >= 4 is 11.8 Å². The number of hydrogen-bond acceptors (Lipinski definition) is 3. The number of benzene rings is 1. The Balaban J connectivity index is 2.09. The van der Waals surface area contributed by atoms with Crippen molar-refractivity contribution in [2.24, 2.45) is 0 Å². The fourth-order valence-corrected chi connectivity index (χ4v) is 2.83. The molecule has 2 rings (SSSR count). The number of nitrogens with zero attached hydrogens (tertiary/aromatic N) is 2. The molecule has 0 aromatic heterocycles. The van der Waals surface area contributed by atoms with Crippen molar-refractivity contribution in [3.05, 3.63) is 24.3 Å². The van der Waals surface area contributed by atoms with Gasteiger partial charge in [-0.05, 0) is 45.0 Å². The van der Waals surface area contributed by atoms with Gasteiger partial charge in [0.2, 0.25) is 0 Å². The average Bonchev–Trinajstić information content (AvgIpc) is 2.38. The van der Waals surface area contributed by atoms with E-state index in [0.717, 1.165) is 11.4 Å². The van der Waals surface area contributed by atoms with E-state index < -0.39 is 6.09 Å². The Bertz CT molecular complexity index is 449. The van der Waals surface area contributed by atoms with E-state index in [1.54, 1.807) is 0 Å². The Morgan fingerprint density at radius 1 is 1.25 bits per heavy atom. The van der Waals surface area contributed by atoms with Gasteiger partial charge in [-0.15, -0.1) is 0 Å². The Morgan fingerprint density at radius 2 is 1.80 bits per heavy atom. The molecule has 1 N–H and O–H groups in total. The first-order chi connectivity index (χ1) is 9.52. The van der Waals surface area contributed by atoms with E-state index in [4.69, 9.17) is 4.74 Å². The number of piperazine rings is 1. The number of amides is 1. The van der Waals surface area contributed by atoms with Gasteiger partial charge in [0.25, 0.3) is 0 Å². The fraction of sp³-hybridized carbons (Fsp3) is 0.533. The van der Waals surface area contributed by atoms with Crippen LogP contribution in [0.1, 0.15) is 20.8 Å². The second-order valence-corrected chi connectivity index (χ2v) is 5.22. The predicted molar refractivity (Wildman–Crippen MR) is 78.6 cm³/mol. The van der Waals surface area contributed by atoms with Gasteiger partial charge in [0.05, 0.1) is 18.7 Å². The summed E-state index contributed by atoms with van der Waals surface area (Å²) in [5, 5.41) is 9.22. The van der Waals surface area contributed by atoms with Crippen LogP contribution in [0.25, 0.3) is 0 Å². The molecule has 20 heavy (non-hydrogen) atoms.